The van der Waals surface area contributed by atoms with E-state index < -0.39 is 35.2 Å². The molecule has 8 nitrogen and oxygen atoms in total. The summed E-state index contributed by atoms with van der Waals surface area (Å²) in [5, 5.41) is 15.2. The molecule has 0 fully saturated rings. The molecular weight excluding hydrogens is 642 g/mol. The first kappa shape index (κ1) is 40.8. The van der Waals surface area contributed by atoms with Crippen molar-refractivity contribution in [2.45, 2.75) is 118 Å². The molecule has 0 spiro atoms. The topological polar surface area (TPSA) is 111 Å². The number of carbonyl (C=O) groups excluding carboxylic acids is 3. The van der Waals surface area contributed by atoms with Gasteiger partial charge in [-0.1, -0.05) is 107 Å². The van der Waals surface area contributed by atoms with Crippen molar-refractivity contribution >= 4 is 29.7 Å². The Morgan fingerprint density at radius 3 is 1.88 bits per heavy atom. The Morgan fingerprint density at radius 2 is 1.35 bits per heavy atom. The normalized spacial score (nSPS) is 12.5. The molecule has 3 aromatic carbocycles. The van der Waals surface area contributed by atoms with Crippen molar-refractivity contribution in [3.8, 4) is 11.5 Å². The molecule has 0 saturated heterocycles. The summed E-state index contributed by atoms with van der Waals surface area (Å²) in [6, 6.07) is 15.4. The van der Waals surface area contributed by atoms with Gasteiger partial charge in [0.05, 0.1) is 18.9 Å². The molecule has 0 aliphatic rings. The van der Waals surface area contributed by atoms with Crippen LogP contribution in [0.1, 0.15) is 133 Å². The number of carbonyl (C=O) groups is 3. The first-order chi connectivity index (χ1) is 23.4. The van der Waals surface area contributed by atoms with Gasteiger partial charge in [0.25, 0.3) is 0 Å². The third-order valence-corrected chi connectivity index (χ3v) is 8.63. The highest BCUT2D eigenvalue weighted by molar-refractivity contribution is 5.94. The fourth-order valence-corrected chi connectivity index (χ4v) is 5.82. The van der Waals surface area contributed by atoms with Crippen molar-refractivity contribution in [3.63, 3.8) is 0 Å². The predicted molar refractivity (Wildman–Crippen MR) is 205 cm³/mol. The minimum Gasteiger partial charge on any atom is -0.507 e. The van der Waals surface area contributed by atoms with E-state index in [1.807, 2.05) is 84.0 Å². The molecule has 0 saturated carbocycles. The number of hydrogen-bond acceptors (Lipinski definition) is 8. The molecule has 2 N–H and O–H groups in total. The van der Waals surface area contributed by atoms with Crippen molar-refractivity contribution in [1.82, 2.24) is 0 Å². The minimum atomic E-state index is -0.705. The molecule has 0 unspecified atom stereocenters. The molecular formula is C43H57NO7. The Labute approximate surface area is 304 Å². The number of hydrogen-bond donors (Lipinski definition) is 2. The maximum atomic E-state index is 14.3. The highest BCUT2D eigenvalue weighted by Gasteiger charge is 2.33. The van der Waals surface area contributed by atoms with E-state index in [1.54, 1.807) is 6.08 Å². The zero-order valence-corrected chi connectivity index (χ0v) is 32.8. The summed E-state index contributed by atoms with van der Waals surface area (Å²) in [4.78, 5) is 37.3. The number of anilines is 1. The number of methoxy groups -OCH3 is 1. The van der Waals surface area contributed by atoms with Gasteiger partial charge in [0.2, 0.25) is 0 Å². The Kier molecular flexibility index (Phi) is 12.6. The van der Waals surface area contributed by atoms with Gasteiger partial charge < -0.3 is 24.6 Å². The Hall–Kier alpha value is -4.59. The van der Waals surface area contributed by atoms with Crippen LogP contribution < -0.4 is 10.1 Å². The van der Waals surface area contributed by atoms with Gasteiger partial charge in [0.1, 0.15) is 17.9 Å². The summed E-state index contributed by atoms with van der Waals surface area (Å²) in [6.45, 7) is 25.5. The number of benzene rings is 3. The van der Waals surface area contributed by atoms with Crippen LogP contribution >= 0.6 is 0 Å². The number of phenolic OH excluding ortho intramolecular Hbond substituents is 1. The summed E-state index contributed by atoms with van der Waals surface area (Å²) >= 11 is 0. The van der Waals surface area contributed by atoms with Crippen molar-refractivity contribution < 1.29 is 33.7 Å². The number of ether oxygens (including phenoxy) is 3. The first-order valence-electron chi connectivity index (χ1n) is 17.5. The smallest absolute Gasteiger partial charge is 0.343 e. The SMILES string of the molecule is COC(=O)CC(=O)O/C=C/c1ccc(NCCc2c(C(=O)Oc3ccc(C(C)(C)C)cc3C(C)(C)C)cc(C(C)(C)C)c(O)c2C(C)(C)C)cc1. The first-order valence-corrected chi connectivity index (χ1v) is 17.5. The Bertz CT molecular complexity index is 1760. The van der Waals surface area contributed by atoms with Crippen molar-refractivity contribution in [1.29, 1.82) is 0 Å². The van der Waals surface area contributed by atoms with Crippen LogP contribution in [0.4, 0.5) is 5.69 Å². The predicted octanol–water partition coefficient (Wildman–Crippen LogP) is 9.53. The quantitative estimate of drug-likeness (QED) is 0.0932. The average molecular weight is 700 g/mol. The molecule has 51 heavy (non-hydrogen) atoms. The van der Waals surface area contributed by atoms with Crippen LogP contribution in [0.5, 0.6) is 11.5 Å². The standard InChI is InChI=1S/C43H57NO7/c1-40(2,3)28-16-19-34(32(24-28)41(4,5)6)51-39(48)31-25-33(42(7,8)9)38(47)37(43(10,11)12)30(31)20-22-44-29-17-14-27(15-18-29)21-23-50-36(46)26-35(45)49-13/h14-19,21,23-25,44,47H,20,22,26H2,1-13H3/b23-21+. The van der Waals surface area contributed by atoms with Gasteiger partial charge in [-0.15, -0.1) is 0 Å². The molecule has 0 aromatic heterocycles. The highest BCUT2D eigenvalue weighted by atomic mass is 16.5. The van der Waals surface area contributed by atoms with E-state index in [1.165, 1.54) is 13.4 Å². The molecule has 0 atom stereocenters. The van der Waals surface area contributed by atoms with Gasteiger partial charge >= 0.3 is 17.9 Å². The second kappa shape index (κ2) is 15.7. The van der Waals surface area contributed by atoms with Crippen molar-refractivity contribution in [2.24, 2.45) is 0 Å². The van der Waals surface area contributed by atoms with E-state index in [-0.39, 0.29) is 16.6 Å². The zero-order valence-electron chi connectivity index (χ0n) is 32.8. The van der Waals surface area contributed by atoms with Gasteiger partial charge in [-0.05, 0) is 75.1 Å². The van der Waals surface area contributed by atoms with E-state index in [9.17, 15) is 19.5 Å². The lowest BCUT2D eigenvalue weighted by molar-refractivity contribution is -0.149. The van der Waals surface area contributed by atoms with Gasteiger partial charge in [-0.25, -0.2) is 4.79 Å². The van der Waals surface area contributed by atoms with E-state index in [4.69, 9.17) is 9.47 Å². The van der Waals surface area contributed by atoms with Gasteiger partial charge in [-0.3, -0.25) is 9.59 Å². The summed E-state index contributed by atoms with van der Waals surface area (Å²) in [5.74, 6) is -1.10. The Balaban J connectivity index is 1.97. The third kappa shape index (κ3) is 10.9. The summed E-state index contributed by atoms with van der Waals surface area (Å²) in [7, 11) is 1.21. The fourth-order valence-electron chi connectivity index (χ4n) is 5.82. The molecule has 0 aliphatic heterocycles. The van der Waals surface area contributed by atoms with Gasteiger partial charge in [-0.2, -0.15) is 0 Å². The molecule has 0 radical (unpaired) electrons. The minimum absolute atomic E-state index is 0.0679. The van der Waals surface area contributed by atoms with Crippen LogP contribution in [0, 0.1) is 0 Å². The van der Waals surface area contributed by atoms with Gasteiger partial charge in [0, 0.05) is 28.9 Å². The molecule has 0 amide bonds. The zero-order chi connectivity index (χ0) is 38.5. The van der Waals surface area contributed by atoms with Gasteiger partial charge in [0.15, 0.2) is 0 Å². The lowest BCUT2D eigenvalue weighted by atomic mass is 9.75. The van der Waals surface area contributed by atoms with Crippen LogP contribution in [0.15, 0.2) is 54.8 Å². The average Bonchev–Trinajstić information content (AvgIpc) is 2.99. The molecule has 0 heterocycles. The molecule has 0 bridgehead atoms. The molecule has 276 valence electrons. The van der Waals surface area contributed by atoms with Crippen LogP contribution in [-0.4, -0.2) is 36.7 Å². The lowest BCUT2D eigenvalue weighted by Gasteiger charge is -2.31. The number of aromatic hydroxyl groups is 1. The molecule has 8 heteroatoms. The number of phenols is 1. The van der Waals surface area contributed by atoms with Crippen molar-refractivity contribution in [2.75, 3.05) is 19.0 Å². The largest absolute Gasteiger partial charge is 0.507 e. The van der Waals surface area contributed by atoms with Crippen LogP contribution in [0.2, 0.25) is 0 Å². The second-order valence-electron chi connectivity index (χ2n) is 17.1. The van der Waals surface area contributed by atoms with Crippen LogP contribution in [0.25, 0.3) is 6.08 Å². The maximum Gasteiger partial charge on any atom is 0.343 e. The van der Waals surface area contributed by atoms with Crippen LogP contribution in [-0.2, 0) is 47.1 Å². The lowest BCUT2D eigenvalue weighted by Crippen LogP contribution is -2.25. The van der Waals surface area contributed by atoms with E-state index in [0.29, 0.717) is 29.8 Å². The molecule has 3 aromatic rings. The highest BCUT2D eigenvalue weighted by Crippen LogP contribution is 2.43. The fraction of sp³-hybridized carbons (Fsp3) is 0.465. The van der Waals surface area contributed by atoms with E-state index >= 15 is 0 Å². The monoisotopic (exact) mass is 699 g/mol. The summed E-state index contributed by atoms with van der Waals surface area (Å²) in [5.41, 5.74) is 5.10. The summed E-state index contributed by atoms with van der Waals surface area (Å²) < 4.78 is 15.7. The third-order valence-electron chi connectivity index (χ3n) is 8.63. The number of esters is 3. The second-order valence-corrected chi connectivity index (χ2v) is 17.1. The van der Waals surface area contributed by atoms with Crippen molar-refractivity contribution in [3.05, 3.63) is 93.7 Å². The molecule has 0 aliphatic carbocycles. The maximum absolute atomic E-state index is 14.3. The number of rotatable bonds is 10. The Morgan fingerprint density at radius 1 is 0.745 bits per heavy atom. The van der Waals surface area contributed by atoms with E-state index in [0.717, 1.165) is 33.5 Å². The summed E-state index contributed by atoms with van der Waals surface area (Å²) in [6.07, 6.45) is 2.84. The molecule has 3 rings (SSSR count). The number of nitrogens with one attached hydrogen (secondary N) is 1. The van der Waals surface area contributed by atoms with E-state index in [2.05, 4.69) is 57.7 Å². The van der Waals surface area contributed by atoms with Crippen LogP contribution in [0.3, 0.4) is 0 Å².